The molecule has 0 aliphatic heterocycles. The summed E-state index contributed by atoms with van der Waals surface area (Å²) in [6.07, 6.45) is -0.192. The molecule has 110 valence electrons. The topological polar surface area (TPSA) is 92.2 Å². The number of carbonyl (C=O) groups is 2. The van der Waals surface area contributed by atoms with Crippen molar-refractivity contribution in [1.82, 2.24) is 9.78 Å². The van der Waals surface area contributed by atoms with Crippen molar-refractivity contribution >= 4 is 11.6 Å². The minimum Gasteiger partial charge on any atom is -0.377 e. The van der Waals surface area contributed by atoms with Crippen molar-refractivity contribution < 1.29 is 14.7 Å². The predicted octanol–water partition coefficient (Wildman–Crippen LogP) is 0.480. The van der Waals surface area contributed by atoms with Crippen LogP contribution < -0.4 is 5.56 Å². The number of Topliss-reactive ketones (excluding diaryl/α,β-unsaturated/α-hetero) is 2. The van der Waals surface area contributed by atoms with E-state index in [1.165, 1.54) is 4.68 Å². The molecule has 0 aromatic carbocycles. The smallest absolute Gasteiger partial charge is 0.271 e. The third-order valence-electron chi connectivity index (χ3n) is 3.57. The molecule has 1 aromatic rings. The third-order valence-corrected chi connectivity index (χ3v) is 3.57. The number of nitrogens with zero attached hydrogens (tertiary/aromatic N) is 1. The molecular weight excluding hydrogens is 260 g/mol. The van der Waals surface area contributed by atoms with Gasteiger partial charge in [-0.3, -0.25) is 19.5 Å². The van der Waals surface area contributed by atoms with Gasteiger partial charge in [0.25, 0.3) is 5.56 Å². The first-order chi connectivity index (χ1) is 9.20. The molecule has 20 heavy (non-hydrogen) atoms. The first-order valence-corrected chi connectivity index (χ1v) is 6.80. The van der Waals surface area contributed by atoms with E-state index in [2.05, 4.69) is 5.10 Å². The van der Waals surface area contributed by atoms with Gasteiger partial charge in [0.05, 0.1) is 11.1 Å². The number of aryl methyl sites for hydroxylation is 1. The molecule has 1 fully saturated rings. The highest BCUT2D eigenvalue weighted by Gasteiger charge is 2.51. The van der Waals surface area contributed by atoms with Gasteiger partial charge in [0.2, 0.25) is 0 Å². The molecule has 1 aliphatic rings. The van der Waals surface area contributed by atoms with Crippen molar-refractivity contribution in [3.8, 4) is 0 Å². The minimum absolute atomic E-state index is 0.210. The van der Waals surface area contributed by atoms with Crippen molar-refractivity contribution in [2.75, 3.05) is 0 Å². The first kappa shape index (κ1) is 14.7. The summed E-state index contributed by atoms with van der Waals surface area (Å²) in [5.41, 5.74) is 0.0133. The van der Waals surface area contributed by atoms with Gasteiger partial charge in [0.15, 0.2) is 17.7 Å². The molecule has 0 saturated heterocycles. The number of hydrogen-bond donors (Lipinski definition) is 2. The van der Waals surface area contributed by atoms with Crippen LogP contribution in [0.5, 0.6) is 0 Å². The van der Waals surface area contributed by atoms with E-state index in [-0.39, 0.29) is 11.1 Å². The zero-order chi connectivity index (χ0) is 15.2. The Morgan fingerprint density at radius 1 is 1.20 bits per heavy atom. The number of aromatic nitrogens is 2. The van der Waals surface area contributed by atoms with Crippen LogP contribution >= 0.6 is 0 Å². The predicted molar refractivity (Wildman–Crippen MR) is 72.8 cm³/mol. The fourth-order valence-electron chi connectivity index (χ4n) is 2.49. The molecule has 0 unspecified atom stereocenters. The Hall–Kier alpha value is -1.69. The summed E-state index contributed by atoms with van der Waals surface area (Å²) in [5.74, 6) is -2.26. The molecule has 1 aliphatic carbocycles. The summed E-state index contributed by atoms with van der Waals surface area (Å²) in [7, 11) is 0. The number of nitrogens with one attached hydrogen (secondary N) is 1. The number of aliphatic hydroxyl groups excluding tert-OH is 1. The summed E-state index contributed by atoms with van der Waals surface area (Å²) in [6.45, 7) is 7.55. The summed E-state index contributed by atoms with van der Waals surface area (Å²) in [4.78, 5) is 35.9. The van der Waals surface area contributed by atoms with Crippen LogP contribution in [0.15, 0.2) is 4.79 Å². The zero-order valence-electron chi connectivity index (χ0n) is 12.2. The molecule has 0 amide bonds. The molecule has 2 rings (SSSR count). The average Bonchev–Trinajstić information content (AvgIpc) is 2.68. The van der Waals surface area contributed by atoms with Crippen molar-refractivity contribution in [3.05, 3.63) is 21.6 Å². The van der Waals surface area contributed by atoms with Crippen LogP contribution in [0.1, 0.15) is 51.3 Å². The highest BCUT2D eigenvalue weighted by molar-refractivity contribution is 6.29. The average molecular weight is 280 g/mol. The number of hydrogen-bond acceptors (Lipinski definition) is 4. The molecule has 6 nitrogen and oxygen atoms in total. The van der Waals surface area contributed by atoms with Crippen LogP contribution in [-0.2, 0) is 21.5 Å². The highest BCUT2D eigenvalue weighted by atomic mass is 16.3. The SMILES string of the molecule is CCCc1[nH]n(C(C)(C)C)c(=O)c1C1C(=O)C(O)C1=O. The van der Waals surface area contributed by atoms with Crippen LogP contribution in [0, 0.1) is 0 Å². The van der Waals surface area contributed by atoms with Crippen LogP contribution in [0.2, 0.25) is 0 Å². The molecule has 0 bridgehead atoms. The summed E-state index contributed by atoms with van der Waals surface area (Å²) in [5, 5.41) is 12.3. The van der Waals surface area contributed by atoms with E-state index >= 15 is 0 Å². The van der Waals surface area contributed by atoms with Crippen LogP contribution in [0.4, 0.5) is 0 Å². The van der Waals surface area contributed by atoms with E-state index in [9.17, 15) is 19.5 Å². The number of ketones is 2. The van der Waals surface area contributed by atoms with Crippen molar-refractivity contribution in [3.63, 3.8) is 0 Å². The lowest BCUT2D eigenvalue weighted by Crippen LogP contribution is -2.52. The number of rotatable bonds is 3. The molecule has 2 N–H and O–H groups in total. The first-order valence-electron chi connectivity index (χ1n) is 6.80. The monoisotopic (exact) mass is 280 g/mol. The number of aromatic amines is 1. The van der Waals surface area contributed by atoms with Gasteiger partial charge < -0.3 is 5.11 Å². The Balaban J connectivity index is 2.58. The van der Waals surface area contributed by atoms with E-state index in [4.69, 9.17) is 0 Å². The summed E-state index contributed by atoms with van der Waals surface area (Å²) < 4.78 is 1.44. The fraction of sp³-hybridized carbons (Fsp3) is 0.643. The van der Waals surface area contributed by atoms with Gasteiger partial charge in [0, 0.05) is 5.69 Å². The molecule has 0 radical (unpaired) electrons. The van der Waals surface area contributed by atoms with E-state index in [1.54, 1.807) is 0 Å². The molecule has 1 saturated carbocycles. The highest BCUT2D eigenvalue weighted by Crippen LogP contribution is 2.31. The van der Waals surface area contributed by atoms with Gasteiger partial charge >= 0.3 is 0 Å². The Bertz CT molecular complexity index is 602. The lowest BCUT2D eigenvalue weighted by atomic mass is 9.74. The lowest BCUT2D eigenvalue weighted by Gasteiger charge is -2.27. The fourth-order valence-corrected chi connectivity index (χ4v) is 2.49. The maximum absolute atomic E-state index is 12.5. The zero-order valence-corrected chi connectivity index (χ0v) is 12.2. The largest absolute Gasteiger partial charge is 0.377 e. The van der Waals surface area contributed by atoms with Gasteiger partial charge in [-0.15, -0.1) is 0 Å². The summed E-state index contributed by atoms with van der Waals surface area (Å²) in [6, 6.07) is 0. The summed E-state index contributed by atoms with van der Waals surface area (Å²) >= 11 is 0. The molecule has 1 aromatic heterocycles. The molecule has 6 heteroatoms. The van der Waals surface area contributed by atoms with Crippen molar-refractivity contribution in [2.45, 2.75) is 58.1 Å². The molecular formula is C14H20N2O4. The molecule has 1 heterocycles. The van der Waals surface area contributed by atoms with Crippen LogP contribution in [0.25, 0.3) is 0 Å². The van der Waals surface area contributed by atoms with E-state index < -0.39 is 29.1 Å². The second kappa shape index (κ2) is 4.70. The van der Waals surface area contributed by atoms with Crippen molar-refractivity contribution in [2.24, 2.45) is 0 Å². The quantitative estimate of drug-likeness (QED) is 0.788. The normalized spacial score (nSPS) is 23.1. The second-order valence-corrected chi connectivity index (χ2v) is 6.21. The van der Waals surface area contributed by atoms with Gasteiger partial charge in [-0.2, -0.15) is 0 Å². The number of carbonyl (C=O) groups excluding carboxylic acids is 2. The van der Waals surface area contributed by atoms with Gasteiger partial charge in [-0.05, 0) is 27.2 Å². The van der Waals surface area contributed by atoms with E-state index in [1.807, 2.05) is 27.7 Å². The van der Waals surface area contributed by atoms with Gasteiger partial charge in [-0.25, -0.2) is 4.68 Å². The number of aliphatic hydroxyl groups is 1. The van der Waals surface area contributed by atoms with E-state index in [0.717, 1.165) is 6.42 Å². The Morgan fingerprint density at radius 3 is 2.20 bits per heavy atom. The van der Waals surface area contributed by atoms with Crippen molar-refractivity contribution in [1.29, 1.82) is 0 Å². The van der Waals surface area contributed by atoms with E-state index in [0.29, 0.717) is 12.1 Å². The van der Waals surface area contributed by atoms with Gasteiger partial charge in [0.1, 0.15) is 5.92 Å². The molecule has 0 atom stereocenters. The Kier molecular flexibility index (Phi) is 3.46. The van der Waals surface area contributed by atoms with Gasteiger partial charge in [-0.1, -0.05) is 13.3 Å². The molecule has 0 spiro atoms. The second-order valence-electron chi connectivity index (χ2n) is 6.21. The standard InChI is InChI=1S/C14H20N2O4/c1-5-6-7-8(9-10(17)12(19)11(9)18)13(20)16(15-7)14(2,3)4/h9,12,15,19H,5-6H2,1-4H3. The third kappa shape index (κ3) is 2.04. The van der Waals surface area contributed by atoms with Crippen LogP contribution in [-0.4, -0.2) is 32.6 Å². The maximum Gasteiger partial charge on any atom is 0.271 e. The Labute approximate surface area is 116 Å². The minimum atomic E-state index is -1.56. The maximum atomic E-state index is 12.5. The lowest BCUT2D eigenvalue weighted by molar-refractivity contribution is -0.152. The van der Waals surface area contributed by atoms with Crippen LogP contribution in [0.3, 0.4) is 0 Å². The Morgan fingerprint density at radius 2 is 1.75 bits per heavy atom. The number of H-pyrrole nitrogens is 1.